The number of ether oxygens (including phenoxy) is 2. The first-order valence-corrected chi connectivity index (χ1v) is 3.93. The molecular formula is C8H14O3. The van der Waals surface area contributed by atoms with Gasteiger partial charge >= 0.3 is 5.97 Å². The highest BCUT2D eigenvalue weighted by molar-refractivity contribution is 5.65. The van der Waals surface area contributed by atoms with Crippen molar-refractivity contribution in [1.82, 2.24) is 0 Å². The minimum absolute atomic E-state index is 0.133. The third-order valence-corrected chi connectivity index (χ3v) is 1.75. The van der Waals surface area contributed by atoms with E-state index in [0.29, 0.717) is 12.5 Å². The number of hydrogen-bond acceptors (Lipinski definition) is 3. The van der Waals surface area contributed by atoms with Crippen molar-refractivity contribution in [3.63, 3.8) is 0 Å². The minimum Gasteiger partial charge on any atom is -0.463 e. The van der Waals surface area contributed by atoms with Gasteiger partial charge < -0.3 is 9.47 Å². The maximum absolute atomic E-state index is 10.4. The van der Waals surface area contributed by atoms with E-state index in [1.165, 1.54) is 6.92 Å². The number of hydrogen-bond donors (Lipinski definition) is 0. The molecule has 3 nitrogen and oxygen atoms in total. The third-order valence-electron chi connectivity index (χ3n) is 1.75. The first kappa shape index (κ1) is 8.53. The van der Waals surface area contributed by atoms with E-state index in [4.69, 9.17) is 9.47 Å². The van der Waals surface area contributed by atoms with Crippen LogP contribution in [0.25, 0.3) is 0 Å². The molecular weight excluding hydrogens is 144 g/mol. The topological polar surface area (TPSA) is 35.5 Å². The van der Waals surface area contributed by atoms with Gasteiger partial charge in [0, 0.05) is 13.5 Å². The molecule has 1 aliphatic heterocycles. The van der Waals surface area contributed by atoms with Crippen molar-refractivity contribution in [3.05, 3.63) is 0 Å². The van der Waals surface area contributed by atoms with Crippen LogP contribution < -0.4 is 0 Å². The maximum atomic E-state index is 10.4. The monoisotopic (exact) mass is 158 g/mol. The molecule has 0 N–H and O–H groups in total. The fourth-order valence-corrected chi connectivity index (χ4v) is 1.21. The SMILES string of the molecule is CC(=O)OC[C@@H]1CC(C)CO1. The lowest BCUT2D eigenvalue weighted by atomic mass is 10.1. The van der Waals surface area contributed by atoms with Crippen molar-refractivity contribution in [1.29, 1.82) is 0 Å². The van der Waals surface area contributed by atoms with Gasteiger partial charge in [0.05, 0.1) is 6.10 Å². The summed E-state index contributed by atoms with van der Waals surface area (Å²) >= 11 is 0. The standard InChI is InChI=1S/C8H14O3/c1-6-3-8(11-4-6)5-10-7(2)9/h6,8H,3-5H2,1-2H3/t6?,8-/m0/s1. The Morgan fingerprint density at radius 2 is 2.45 bits per heavy atom. The fourth-order valence-electron chi connectivity index (χ4n) is 1.21. The van der Waals surface area contributed by atoms with Crippen LogP contribution in [0.4, 0.5) is 0 Å². The summed E-state index contributed by atoms with van der Waals surface area (Å²) in [5, 5.41) is 0. The summed E-state index contributed by atoms with van der Waals surface area (Å²) in [5.41, 5.74) is 0. The second kappa shape index (κ2) is 3.72. The molecule has 64 valence electrons. The highest BCUT2D eigenvalue weighted by atomic mass is 16.6. The molecule has 11 heavy (non-hydrogen) atoms. The average molecular weight is 158 g/mol. The van der Waals surface area contributed by atoms with Gasteiger partial charge in [-0.15, -0.1) is 0 Å². The van der Waals surface area contributed by atoms with Crippen molar-refractivity contribution in [2.75, 3.05) is 13.2 Å². The molecule has 0 spiro atoms. The molecule has 1 saturated heterocycles. The predicted molar refractivity (Wildman–Crippen MR) is 40.2 cm³/mol. The van der Waals surface area contributed by atoms with Crippen LogP contribution in [0.2, 0.25) is 0 Å². The van der Waals surface area contributed by atoms with Crippen LogP contribution in [-0.4, -0.2) is 25.3 Å². The predicted octanol–water partition coefficient (Wildman–Crippen LogP) is 0.974. The second-order valence-corrected chi connectivity index (χ2v) is 3.10. The summed E-state index contributed by atoms with van der Waals surface area (Å²) in [6, 6.07) is 0. The summed E-state index contributed by atoms with van der Waals surface area (Å²) in [6.07, 6.45) is 1.14. The van der Waals surface area contributed by atoms with Crippen molar-refractivity contribution in [2.45, 2.75) is 26.4 Å². The Bertz CT molecular complexity index is 144. The number of carbonyl (C=O) groups excluding carboxylic acids is 1. The first-order valence-electron chi connectivity index (χ1n) is 3.93. The summed E-state index contributed by atoms with van der Waals surface area (Å²) in [4.78, 5) is 10.4. The number of rotatable bonds is 2. The normalized spacial score (nSPS) is 30.4. The van der Waals surface area contributed by atoms with E-state index in [2.05, 4.69) is 6.92 Å². The van der Waals surface area contributed by atoms with E-state index in [9.17, 15) is 4.79 Å². The zero-order valence-corrected chi connectivity index (χ0v) is 7.00. The molecule has 0 aromatic heterocycles. The lowest BCUT2D eigenvalue weighted by molar-refractivity contribution is -0.144. The van der Waals surface area contributed by atoms with E-state index < -0.39 is 0 Å². The molecule has 1 rings (SSSR count). The van der Waals surface area contributed by atoms with Gasteiger partial charge in [-0.2, -0.15) is 0 Å². The van der Waals surface area contributed by atoms with Gasteiger partial charge in [-0.25, -0.2) is 0 Å². The Morgan fingerprint density at radius 1 is 1.73 bits per heavy atom. The Labute approximate surface area is 66.7 Å². The van der Waals surface area contributed by atoms with Crippen LogP contribution in [-0.2, 0) is 14.3 Å². The van der Waals surface area contributed by atoms with Gasteiger partial charge in [-0.3, -0.25) is 4.79 Å². The molecule has 2 atom stereocenters. The van der Waals surface area contributed by atoms with E-state index >= 15 is 0 Å². The summed E-state index contributed by atoms with van der Waals surface area (Å²) < 4.78 is 10.1. The lowest BCUT2D eigenvalue weighted by Crippen LogP contribution is -2.16. The van der Waals surface area contributed by atoms with Crippen molar-refractivity contribution >= 4 is 5.97 Å². The van der Waals surface area contributed by atoms with Crippen LogP contribution in [0, 0.1) is 5.92 Å². The van der Waals surface area contributed by atoms with E-state index in [-0.39, 0.29) is 12.1 Å². The fraction of sp³-hybridized carbons (Fsp3) is 0.875. The first-order chi connectivity index (χ1) is 5.18. The van der Waals surface area contributed by atoms with Crippen molar-refractivity contribution in [2.24, 2.45) is 5.92 Å². The Morgan fingerprint density at radius 3 is 2.91 bits per heavy atom. The largest absolute Gasteiger partial charge is 0.463 e. The van der Waals surface area contributed by atoms with Crippen LogP contribution in [0.3, 0.4) is 0 Å². The molecule has 0 amide bonds. The second-order valence-electron chi connectivity index (χ2n) is 3.10. The summed E-state index contributed by atoms with van der Waals surface area (Å²) in [5.74, 6) is 0.378. The number of carbonyl (C=O) groups is 1. The molecule has 3 heteroatoms. The van der Waals surface area contributed by atoms with Crippen molar-refractivity contribution < 1.29 is 14.3 Å². The Kier molecular flexibility index (Phi) is 2.88. The highest BCUT2D eigenvalue weighted by Crippen LogP contribution is 2.18. The highest BCUT2D eigenvalue weighted by Gasteiger charge is 2.22. The number of esters is 1. The maximum Gasteiger partial charge on any atom is 0.302 e. The van der Waals surface area contributed by atoms with E-state index in [1.54, 1.807) is 0 Å². The molecule has 1 heterocycles. The van der Waals surface area contributed by atoms with Gasteiger partial charge in [0.2, 0.25) is 0 Å². The van der Waals surface area contributed by atoms with Crippen LogP contribution >= 0.6 is 0 Å². The zero-order chi connectivity index (χ0) is 8.27. The third kappa shape index (κ3) is 2.89. The lowest BCUT2D eigenvalue weighted by Gasteiger charge is -2.07. The molecule has 0 aromatic carbocycles. The van der Waals surface area contributed by atoms with Gasteiger partial charge in [-0.05, 0) is 12.3 Å². The molecule has 0 radical (unpaired) electrons. The average Bonchev–Trinajstić information content (AvgIpc) is 2.31. The zero-order valence-electron chi connectivity index (χ0n) is 7.00. The van der Waals surface area contributed by atoms with Crippen LogP contribution in [0.15, 0.2) is 0 Å². The molecule has 0 aromatic rings. The van der Waals surface area contributed by atoms with Gasteiger partial charge in [0.1, 0.15) is 6.61 Å². The summed E-state index contributed by atoms with van der Waals surface area (Å²) in [7, 11) is 0. The Balaban J connectivity index is 2.13. The van der Waals surface area contributed by atoms with E-state index in [0.717, 1.165) is 13.0 Å². The van der Waals surface area contributed by atoms with Gasteiger partial charge in [-0.1, -0.05) is 6.92 Å². The molecule has 0 saturated carbocycles. The van der Waals surface area contributed by atoms with Gasteiger partial charge in [0.25, 0.3) is 0 Å². The molecule has 1 unspecified atom stereocenters. The van der Waals surface area contributed by atoms with E-state index in [1.807, 2.05) is 0 Å². The Hall–Kier alpha value is -0.570. The van der Waals surface area contributed by atoms with Crippen molar-refractivity contribution in [3.8, 4) is 0 Å². The van der Waals surface area contributed by atoms with Crippen LogP contribution in [0.5, 0.6) is 0 Å². The molecule has 1 fully saturated rings. The molecule has 0 bridgehead atoms. The molecule has 0 aliphatic carbocycles. The summed E-state index contributed by atoms with van der Waals surface area (Å²) in [6.45, 7) is 4.76. The van der Waals surface area contributed by atoms with Crippen LogP contribution in [0.1, 0.15) is 20.3 Å². The quantitative estimate of drug-likeness (QED) is 0.562. The van der Waals surface area contributed by atoms with Gasteiger partial charge in [0.15, 0.2) is 0 Å². The minimum atomic E-state index is -0.229. The molecule has 1 aliphatic rings. The smallest absolute Gasteiger partial charge is 0.302 e.